The van der Waals surface area contributed by atoms with E-state index in [0.29, 0.717) is 24.5 Å². The Balaban J connectivity index is 2.01. The van der Waals surface area contributed by atoms with Crippen LogP contribution in [0.4, 0.5) is 6.01 Å². The SMILES string of the molecule is CNCc1nnc(N(CCCO)C2CCC2)o1. The van der Waals surface area contributed by atoms with Gasteiger partial charge in [-0.15, -0.1) is 5.10 Å². The molecule has 0 aliphatic heterocycles. The summed E-state index contributed by atoms with van der Waals surface area (Å²) in [6, 6.07) is 1.10. The van der Waals surface area contributed by atoms with Gasteiger partial charge in [0.2, 0.25) is 5.89 Å². The fourth-order valence-electron chi connectivity index (χ4n) is 1.96. The Hall–Kier alpha value is -1.14. The third-order valence-corrected chi connectivity index (χ3v) is 3.10. The molecule has 6 heteroatoms. The summed E-state index contributed by atoms with van der Waals surface area (Å²) in [5, 5.41) is 20.0. The average Bonchev–Trinajstić information content (AvgIpc) is 2.70. The molecule has 1 aromatic rings. The number of anilines is 1. The molecule has 6 nitrogen and oxygen atoms in total. The molecule has 1 aromatic heterocycles. The number of aromatic nitrogens is 2. The Morgan fingerprint density at radius 1 is 1.47 bits per heavy atom. The minimum Gasteiger partial charge on any atom is -0.407 e. The molecule has 1 heterocycles. The fourth-order valence-corrected chi connectivity index (χ4v) is 1.96. The number of hydrogen-bond acceptors (Lipinski definition) is 6. The summed E-state index contributed by atoms with van der Waals surface area (Å²) in [5.41, 5.74) is 0. The van der Waals surface area contributed by atoms with Crippen molar-refractivity contribution in [2.75, 3.05) is 25.1 Å². The first-order valence-corrected chi connectivity index (χ1v) is 6.19. The van der Waals surface area contributed by atoms with Crippen LogP contribution in [0.15, 0.2) is 4.42 Å². The zero-order valence-electron chi connectivity index (χ0n) is 10.2. The third-order valence-electron chi connectivity index (χ3n) is 3.10. The van der Waals surface area contributed by atoms with Crippen molar-refractivity contribution >= 4 is 6.01 Å². The summed E-state index contributed by atoms with van der Waals surface area (Å²) in [6.07, 6.45) is 4.35. The summed E-state index contributed by atoms with van der Waals surface area (Å²) in [5.74, 6) is 0.607. The Bertz CT molecular complexity index is 338. The number of aliphatic hydroxyl groups excluding tert-OH is 1. The Labute approximate surface area is 101 Å². The number of aliphatic hydroxyl groups is 1. The quantitative estimate of drug-likeness (QED) is 0.724. The lowest BCUT2D eigenvalue weighted by Crippen LogP contribution is -2.41. The lowest BCUT2D eigenvalue weighted by molar-refractivity contribution is 0.279. The van der Waals surface area contributed by atoms with Crippen molar-refractivity contribution in [2.24, 2.45) is 0 Å². The highest BCUT2D eigenvalue weighted by Crippen LogP contribution is 2.28. The zero-order chi connectivity index (χ0) is 12.1. The Morgan fingerprint density at radius 2 is 2.29 bits per heavy atom. The van der Waals surface area contributed by atoms with E-state index in [-0.39, 0.29) is 6.61 Å². The average molecular weight is 240 g/mol. The highest BCUT2D eigenvalue weighted by atomic mass is 16.4. The van der Waals surface area contributed by atoms with Crippen LogP contribution in [0, 0.1) is 0 Å². The van der Waals surface area contributed by atoms with Crippen LogP contribution in [-0.4, -0.2) is 41.5 Å². The lowest BCUT2D eigenvalue weighted by atomic mass is 9.91. The van der Waals surface area contributed by atoms with Crippen LogP contribution in [0.25, 0.3) is 0 Å². The maximum Gasteiger partial charge on any atom is 0.318 e. The minimum atomic E-state index is 0.195. The third kappa shape index (κ3) is 2.95. The van der Waals surface area contributed by atoms with E-state index >= 15 is 0 Å². The minimum absolute atomic E-state index is 0.195. The molecule has 2 N–H and O–H groups in total. The van der Waals surface area contributed by atoms with E-state index in [4.69, 9.17) is 9.52 Å². The van der Waals surface area contributed by atoms with Crippen molar-refractivity contribution in [3.05, 3.63) is 5.89 Å². The summed E-state index contributed by atoms with van der Waals surface area (Å²) < 4.78 is 5.60. The topological polar surface area (TPSA) is 74.4 Å². The van der Waals surface area contributed by atoms with Crippen LogP contribution in [0.1, 0.15) is 31.6 Å². The molecule has 1 fully saturated rings. The normalized spacial score (nSPS) is 15.9. The van der Waals surface area contributed by atoms with Crippen molar-refractivity contribution in [1.29, 1.82) is 0 Å². The Morgan fingerprint density at radius 3 is 2.88 bits per heavy atom. The standard InChI is InChI=1S/C11H20N4O2/c1-12-8-10-13-14-11(17-10)15(6-3-7-16)9-4-2-5-9/h9,12,16H,2-8H2,1H3. The molecule has 0 saturated heterocycles. The van der Waals surface area contributed by atoms with Crippen molar-refractivity contribution < 1.29 is 9.52 Å². The van der Waals surface area contributed by atoms with Gasteiger partial charge in [-0.2, -0.15) is 0 Å². The van der Waals surface area contributed by atoms with E-state index in [0.717, 1.165) is 13.0 Å². The molecule has 0 radical (unpaired) electrons. The summed E-state index contributed by atoms with van der Waals surface area (Å²) in [6.45, 7) is 1.56. The molecule has 0 spiro atoms. The highest BCUT2D eigenvalue weighted by Gasteiger charge is 2.28. The molecular weight excluding hydrogens is 220 g/mol. The smallest absolute Gasteiger partial charge is 0.318 e. The number of hydrogen-bond donors (Lipinski definition) is 2. The molecule has 0 unspecified atom stereocenters. The van der Waals surface area contributed by atoms with Gasteiger partial charge in [0.05, 0.1) is 6.54 Å². The zero-order valence-corrected chi connectivity index (χ0v) is 10.2. The van der Waals surface area contributed by atoms with E-state index in [2.05, 4.69) is 20.4 Å². The maximum absolute atomic E-state index is 8.92. The first kappa shape index (κ1) is 12.3. The van der Waals surface area contributed by atoms with Gasteiger partial charge < -0.3 is 19.7 Å². The summed E-state index contributed by atoms with van der Waals surface area (Å²) in [7, 11) is 1.85. The molecular formula is C11H20N4O2. The van der Waals surface area contributed by atoms with Crippen molar-refractivity contribution in [1.82, 2.24) is 15.5 Å². The van der Waals surface area contributed by atoms with Crippen molar-refractivity contribution in [2.45, 2.75) is 38.3 Å². The monoisotopic (exact) mass is 240 g/mol. The second-order valence-electron chi connectivity index (χ2n) is 4.36. The molecule has 96 valence electrons. The molecule has 0 bridgehead atoms. The molecule has 1 aliphatic carbocycles. The number of nitrogens with zero attached hydrogens (tertiary/aromatic N) is 3. The lowest BCUT2D eigenvalue weighted by Gasteiger charge is -2.36. The highest BCUT2D eigenvalue weighted by molar-refractivity contribution is 5.27. The van der Waals surface area contributed by atoms with Gasteiger partial charge >= 0.3 is 6.01 Å². The van der Waals surface area contributed by atoms with Crippen LogP contribution < -0.4 is 10.2 Å². The predicted octanol–water partition coefficient (Wildman–Crippen LogP) is 0.530. The maximum atomic E-state index is 8.92. The van der Waals surface area contributed by atoms with Crippen LogP contribution in [0.2, 0.25) is 0 Å². The fraction of sp³-hybridized carbons (Fsp3) is 0.818. The van der Waals surface area contributed by atoms with Crippen LogP contribution in [0.3, 0.4) is 0 Å². The first-order valence-electron chi connectivity index (χ1n) is 6.19. The van der Waals surface area contributed by atoms with Gasteiger partial charge in [0.15, 0.2) is 0 Å². The van der Waals surface area contributed by atoms with Gasteiger partial charge in [-0.3, -0.25) is 0 Å². The molecule has 0 aromatic carbocycles. The van der Waals surface area contributed by atoms with Crippen molar-refractivity contribution in [3.63, 3.8) is 0 Å². The van der Waals surface area contributed by atoms with Crippen molar-refractivity contribution in [3.8, 4) is 0 Å². The predicted molar refractivity (Wildman–Crippen MR) is 63.7 cm³/mol. The van der Waals surface area contributed by atoms with E-state index in [9.17, 15) is 0 Å². The van der Waals surface area contributed by atoms with E-state index in [1.165, 1.54) is 19.3 Å². The van der Waals surface area contributed by atoms with Gasteiger partial charge in [-0.1, -0.05) is 5.10 Å². The van der Waals surface area contributed by atoms with E-state index < -0.39 is 0 Å². The van der Waals surface area contributed by atoms with Gasteiger partial charge in [0, 0.05) is 19.2 Å². The second-order valence-corrected chi connectivity index (χ2v) is 4.36. The summed E-state index contributed by atoms with van der Waals surface area (Å²) >= 11 is 0. The molecule has 2 rings (SSSR count). The molecule has 0 atom stereocenters. The van der Waals surface area contributed by atoms with Crippen LogP contribution in [0.5, 0.6) is 0 Å². The van der Waals surface area contributed by atoms with Gasteiger partial charge in [0.25, 0.3) is 0 Å². The van der Waals surface area contributed by atoms with Gasteiger partial charge in [-0.05, 0) is 32.7 Å². The number of rotatable bonds is 7. The largest absolute Gasteiger partial charge is 0.407 e. The van der Waals surface area contributed by atoms with E-state index in [1.54, 1.807) is 0 Å². The molecule has 17 heavy (non-hydrogen) atoms. The van der Waals surface area contributed by atoms with Gasteiger partial charge in [0.1, 0.15) is 0 Å². The molecule has 0 amide bonds. The molecule has 1 aliphatic rings. The van der Waals surface area contributed by atoms with Crippen LogP contribution in [-0.2, 0) is 6.54 Å². The van der Waals surface area contributed by atoms with E-state index in [1.807, 2.05) is 7.05 Å². The summed E-state index contributed by atoms with van der Waals surface area (Å²) in [4.78, 5) is 2.13. The Kier molecular flexibility index (Phi) is 4.33. The molecule has 1 saturated carbocycles. The number of nitrogens with one attached hydrogen (secondary N) is 1. The van der Waals surface area contributed by atoms with Crippen LogP contribution >= 0.6 is 0 Å². The second kappa shape index (κ2) is 5.97. The van der Waals surface area contributed by atoms with Gasteiger partial charge in [-0.25, -0.2) is 0 Å². The first-order chi connectivity index (χ1) is 8.35.